The summed E-state index contributed by atoms with van der Waals surface area (Å²) in [7, 11) is 0. The summed E-state index contributed by atoms with van der Waals surface area (Å²) >= 11 is 0. The van der Waals surface area contributed by atoms with Crippen molar-refractivity contribution in [2.45, 2.75) is 379 Å². The Morgan fingerprint density at radius 2 is 0.644 bits per heavy atom. The fourth-order valence-electron chi connectivity index (χ4n) is 10.4. The van der Waals surface area contributed by atoms with Gasteiger partial charge in [-0.1, -0.05) is 301 Å². The molecular weight excluding hydrogens is 899 g/mol. The molecule has 0 aliphatic carbocycles. The Hall–Kier alpha value is -1.66. The van der Waals surface area contributed by atoms with E-state index in [4.69, 9.17) is 4.74 Å². The molecule has 6 nitrogen and oxygen atoms in total. The van der Waals surface area contributed by atoms with Crippen molar-refractivity contribution in [2.75, 3.05) is 13.2 Å². The van der Waals surface area contributed by atoms with Crippen molar-refractivity contribution in [1.29, 1.82) is 0 Å². The SMILES string of the molecule is CCCCCC/C=C\CCCCCCCC(=O)OCCCCCCCCCCCC/C=C\CCCCCCCCCC(=O)NC(CO)C(O)CCCCCCCCCCCCCCCCCCCCCCCC. The van der Waals surface area contributed by atoms with Crippen molar-refractivity contribution >= 4 is 11.9 Å². The first-order valence-electron chi connectivity index (χ1n) is 33.1. The van der Waals surface area contributed by atoms with Crippen LogP contribution in [0.4, 0.5) is 0 Å². The fraction of sp³-hybridized carbons (Fsp3) is 0.910. The Morgan fingerprint density at radius 3 is 0.986 bits per heavy atom. The molecule has 0 aromatic carbocycles. The van der Waals surface area contributed by atoms with Gasteiger partial charge in [0.25, 0.3) is 0 Å². The van der Waals surface area contributed by atoms with E-state index in [9.17, 15) is 19.8 Å². The van der Waals surface area contributed by atoms with E-state index in [1.165, 1.54) is 289 Å². The van der Waals surface area contributed by atoms with Crippen LogP contribution in [0.15, 0.2) is 24.3 Å². The molecule has 3 N–H and O–H groups in total. The average molecular weight is 1030 g/mol. The van der Waals surface area contributed by atoms with Gasteiger partial charge >= 0.3 is 5.97 Å². The molecule has 0 saturated heterocycles. The van der Waals surface area contributed by atoms with Crippen molar-refractivity contribution < 1.29 is 24.5 Å². The maximum Gasteiger partial charge on any atom is 0.305 e. The lowest BCUT2D eigenvalue weighted by molar-refractivity contribution is -0.143. The second-order valence-electron chi connectivity index (χ2n) is 22.8. The number of allylic oxidation sites excluding steroid dienone is 4. The topological polar surface area (TPSA) is 95.9 Å². The molecule has 432 valence electrons. The highest BCUT2D eigenvalue weighted by atomic mass is 16.5. The molecule has 0 fully saturated rings. The van der Waals surface area contributed by atoms with Gasteiger partial charge < -0.3 is 20.3 Å². The van der Waals surface area contributed by atoms with Crippen LogP contribution in [0, 0.1) is 0 Å². The summed E-state index contributed by atoms with van der Waals surface area (Å²) in [6.07, 6.45) is 77.7. The van der Waals surface area contributed by atoms with Crippen molar-refractivity contribution in [2.24, 2.45) is 0 Å². The lowest BCUT2D eigenvalue weighted by atomic mass is 10.0. The van der Waals surface area contributed by atoms with E-state index >= 15 is 0 Å². The smallest absolute Gasteiger partial charge is 0.305 e. The molecular formula is C67H129NO5. The molecule has 0 rings (SSSR count). The highest BCUT2D eigenvalue weighted by Gasteiger charge is 2.20. The van der Waals surface area contributed by atoms with Crippen molar-refractivity contribution in [3.63, 3.8) is 0 Å². The molecule has 2 atom stereocenters. The highest BCUT2D eigenvalue weighted by molar-refractivity contribution is 5.76. The standard InChI is InChI=1S/C67H129NO5/c1-3-5-7-9-11-13-15-17-18-19-20-21-23-26-29-32-36-39-43-47-51-55-59-65(70)64(63-69)68-66(71)60-56-52-48-44-40-37-33-30-27-24-22-25-28-31-34-38-42-46-50-54-58-62-73-67(72)61-57-53-49-45-41-35-16-14-12-10-8-6-4-2/h14,16,24,27,64-65,69-70H,3-13,15,17-23,25-26,28-63H2,1-2H3,(H,68,71)/b16-14-,27-24-. The number of unbranched alkanes of at least 4 members (excludes halogenated alkanes) is 47. The lowest BCUT2D eigenvalue weighted by Gasteiger charge is -2.22. The highest BCUT2D eigenvalue weighted by Crippen LogP contribution is 2.18. The summed E-state index contributed by atoms with van der Waals surface area (Å²) in [6.45, 7) is 4.96. The van der Waals surface area contributed by atoms with Gasteiger partial charge in [-0.05, 0) is 77.0 Å². The molecule has 2 unspecified atom stereocenters. The van der Waals surface area contributed by atoms with Crippen molar-refractivity contribution in [1.82, 2.24) is 5.32 Å². The number of nitrogens with one attached hydrogen (secondary N) is 1. The summed E-state index contributed by atoms with van der Waals surface area (Å²) in [4.78, 5) is 24.6. The molecule has 0 bridgehead atoms. The summed E-state index contributed by atoms with van der Waals surface area (Å²) in [5.74, 6) is -0.0393. The lowest BCUT2D eigenvalue weighted by Crippen LogP contribution is -2.45. The van der Waals surface area contributed by atoms with Crippen LogP contribution in [-0.2, 0) is 14.3 Å². The van der Waals surface area contributed by atoms with E-state index in [-0.39, 0.29) is 18.5 Å². The molecule has 0 aliphatic heterocycles. The zero-order valence-corrected chi connectivity index (χ0v) is 49.4. The molecule has 73 heavy (non-hydrogen) atoms. The van der Waals surface area contributed by atoms with Gasteiger partial charge in [0.2, 0.25) is 5.91 Å². The monoisotopic (exact) mass is 1030 g/mol. The third-order valence-corrected chi connectivity index (χ3v) is 15.5. The summed E-state index contributed by atoms with van der Waals surface area (Å²) in [6, 6.07) is -0.548. The first kappa shape index (κ1) is 71.3. The largest absolute Gasteiger partial charge is 0.466 e. The third kappa shape index (κ3) is 59.4. The van der Waals surface area contributed by atoms with E-state index in [0.29, 0.717) is 25.9 Å². The van der Waals surface area contributed by atoms with E-state index in [1.807, 2.05) is 0 Å². The Kier molecular flexibility index (Phi) is 61.4. The van der Waals surface area contributed by atoms with Crippen LogP contribution in [0.25, 0.3) is 0 Å². The van der Waals surface area contributed by atoms with Crippen LogP contribution in [0.1, 0.15) is 367 Å². The van der Waals surface area contributed by atoms with Crippen LogP contribution >= 0.6 is 0 Å². The van der Waals surface area contributed by atoms with Crippen molar-refractivity contribution in [3.8, 4) is 0 Å². The minimum atomic E-state index is -0.670. The number of carbonyl (C=O) groups is 2. The molecule has 0 spiro atoms. The van der Waals surface area contributed by atoms with Crippen LogP contribution < -0.4 is 5.32 Å². The van der Waals surface area contributed by atoms with Gasteiger partial charge in [-0.2, -0.15) is 0 Å². The van der Waals surface area contributed by atoms with Crippen LogP contribution in [0.2, 0.25) is 0 Å². The Bertz CT molecular complexity index is 1140. The summed E-state index contributed by atoms with van der Waals surface area (Å²) in [5, 5.41) is 23.4. The predicted octanol–water partition coefficient (Wildman–Crippen LogP) is 21.0. The second kappa shape index (κ2) is 62.9. The quantitative estimate of drug-likeness (QED) is 0.0320. The predicted molar refractivity (Wildman–Crippen MR) is 320 cm³/mol. The van der Waals surface area contributed by atoms with Gasteiger partial charge in [0.15, 0.2) is 0 Å². The Labute approximate surface area is 456 Å². The number of amides is 1. The van der Waals surface area contributed by atoms with Gasteiger partial charge in [-0.15, -0.1) is 0 Å². The molecule has 0 saturated carbocycles. The normalized spacial score (nSPS) is 12.7. The molecule has 0 aliphatic rings. The number of esters is 1. The van der Waals surface area contributed by atoms with E-state index in [0.717, 1.165) is 44.9 Å². The molecule has 1 amide bonds. The first-order valence-corrected chi connectivity index (χ1v) is 33.1. The number of aliphatic hydroxyl groups is 2. The zero-order chi connectivity index (χ0) is 52.9. The minimum Gasteiger partial charge on any atom is -0.466 e. The summed E-state index contributed by atoms with van der Waals surface area (Å²) in [5.41, 5.74) is 0. The summed E-state index contributed by atoms with van der Waals surface area (Å²) < 4.78 is 5.47. The minimum absolute atomic E-state index is 0.000336. The molecule has 0 aromatic rings. The zero-order valence-electron chi connectivity index (χ0n) is 49.4. The van der Waals surface area contributed by atoms with E-state index < -0.39 is 12.1 Å². The van der Waals surface area contributed by atoms with Gasteiger partial charge in [0, 0.05) is 12.8 Å². The molecule has 0 aromatic heterocycles. The van der Waals surface area contributed by atoms with Gasteiger partial charge in [-0.25, -0.2) is 0 Å². The Morgan fingerprint density at radius 1 is 0.370 bits per heavy atom. The third-order valence-electron chi connectivity index (χ3n) is 15.5. The number of rotatable bonds is 62. The van der Waals surface area contributed by atoms with Gasteiger partial charge in [0.1, 0.15) is 0 Å². The molecule has 0 radical (unpaired) electrons. The average Bonchev–Trinajstić information content (AvgIpc) is 3.39. The Balaban J connectivity index is 3.43. The number of hydrogen-bond acceptors (Lipinski definition) is 5. The molecule has 0 heterocycles. The second-order valence-corrected chi connectivity index (χ2v) is 22.8. The van der Waals surface area contributed by atoms with Crippen molar-refractivity contribution in [3.05, 3.63) is 24.3 Å². The number of ether oxygens (including phenoxy) is 1. The van der Waals surface area contributed by atoms with Crippen LogP contribution in [0.3, 0.4) is 0 Å². The number of hydrogen-bond donors (Lipinski definition) is 3. The van der Waals surface area contributed by atoms with Gasteiger partial charge in [0.05, 0.1) is 25.4 Å². The fourth-order valence-corrected chi connectivity index (χ4v) is 10.4. The van der Waals surface area contributed by atoms with E-state index in [1.54, 1.807) is 0 Å². The maximum atomic E-state index is 12.5. The number of carbonyl (C=O) groups excluding carboxylic acids is 2. The maximum absolute atomic E-state index is 12.5. The van der Waals surface area contributed by atoms with Gasteiger partial charge in [-0.3, -0.25) is 9.59 Å². The number of aliphatic hydroxyl groups excluding tert-OH is 2. The van der Waals surface area contributed by atoms with Crippen LogP contribution in [0.5, 0.6) is 0 Å². The first-order chi connectivity index (χ1) is 36.0. The van der Waals surface area contributed by atoms with Crippen LogP contribution in [-0.4, -0.2) is 47.4 Å². The molecule has 6 heteroatoms. The van der Waals surface area contributed by atoms with E-state index in [2.05, 4.69) is 43.5 Å².